The van der Waals surface area contributed by atoms with Crippen LogP contribution in [0.3, 0.4) is 0 Å². The van der Waals surface area contributed by atoms with Crippen LogP contribution in [0.1, 0.15) is 0 Å². The number of benzene rings is 21. The molecule has 0 atom stereocenters. The Morgan fingerprint density at radius 1 is 0.125 bits per heavy atom. The molecule has 0 aliphatic rings. The van der Waals surface area contributed by atoms with Gasteiger partial charge in [0, 0.05) is 65.7 Å². The first-order valence-electron chi connectivity index (χ1n) is 43.5. The number of nitrogens with zero attached hydrogens (tertiary/aromatic N) is 8. The van der Waals surface area contributed by atoms with E-state index in [0.717, 1.165) is 111 Å². The van der Waals surface area contributed by atoms with E-state index < -0.39 is 0 Å². The fourth-order valence-corrected chi connectivity index (χ4v) is 19.8. The molecule has 128 heavy (non-hydrogen) atoms. The second kappa shape index (κ2) is 30.4. The smallest absolute Gasteiger partial charge is 0.164 e. The van der Waals surface area contributed by atoms with Gasteiger partial charge in [0.05, 0.1) is 33.4 Å². The topological polar surface area (TPSA) is 87.2 Å². The number of fused-ring (bicyclic) bond motifs is 18. The lowest BCUT2D eigenvalue weighted by molar-refractivity contribution is 1.07. The normalized spacial score (nSPS) is 11.8. The Bertz CT molecular complexity index is 8760. The predicted molar refractivity (Wildman–Crippen MR) is 532 cm³/mol. The van der Waals surface area contributed by atoms with Crippen LogP contribution in [0, 0.1) is 0 Å². The van der Waals surface area contributed by atoms with Gasteiger partial charge in [0.25, 0.3) is 0 Å². The van der Waals surface area contributed by atoms with Crippen molar-refractivity contribution in [2.24, 2.45) is 0 Å². The molecular weight excluding hydrogens is 1550 g/mol. The highest BCUT2D eigenvalue weighted by Gasteiger charge is 2.25. The molecule has 0 fully saturated rings. The highest BCUT2D eigenvalue weighted by Crippen LogP contribution is 2.48. The first-order chi connectivity index (χ1) is 63.4. The van der Waals surface area contributed by atoms with Crippen molar-refractivity contribution in [3.8, 4) is 146 Å². The van der Waals surface area contributed by atoms with Crippen LogP contribution in [-0.2, 0) is 0 Å². The number of aromatic nitrogens is 8. The van der Waals surface area contributed by atoms with Gasteiger partial charge in [0.2, 0.25) is 0 Å². The van der Waals surface area contributed by atoms with Crippen molar-refractivity contribution in [2.45, 2.75) is 0 Å². The lowest BCUT2D eigenvalue weighted by Gasteiger charge is -2.18. The molecule has 25 rings (SSSR count). The largest absolute Gasteiger partial charge is 0.309 e. The average Bonchev–Trinajstić information content (AvgIpc) is 1.30. The number of rotatable bonds is 14. The number of hydrogen-bond donors (Lipinski definition) is 0. The minimum atomic E-state index is 0.588. The number of para-hydroxylation sites is 2. The molecule has 8 heteroatoms. The fourth-order valence-electron chi connectivity index (χ4n) is 19.8. The second-order valence-electron chi connectivity index (χ2n) is 33.1. The molecule has 594 valence electrons. The van der Waals surface area contributed by atoms with Gasteiger partial charge in [-0.15, -0.1) is 0 Å². The summed E-state index contributed by atoms with van der Waals surface area (Å²) in [4.78, 5) is 31.2. The second-order valence-corrected chi connectivity index (χ2v) is 33.1. The molecule has 4 aromatic heterocycles. The monoisotopic (exact) mass is 1630 g/mol. The Kier molecular flexibility index (Phi) is 17.5. The van der Waals surface area contributed by atoms with Crippen molar-refractivity contribution in [1.29, 1.82) is 0 Å². The molecule has 0 saturated carbocycles. The molecule has 8 nitrogen and oxygen atoms in total. The zero-order chi connectivity index (χ0) is 84.3. The highest BCUT2D eigenvalue weighted by atomic mass is 15.0. The van der Waals surface area contributed by atoms with Gasteiger partial charge in [-0.05, 0) is 206 Å². The Morgan fingerprint density at radius 2 is 0.375 bits per heavy atom. The third-order valence-corrected chi connectivity index (χ3v) is 25.7. The van der Waals surface area contributed by atoms with Gasteiger partial charge < -0.3 is 9.13 Å². The summed E-state index contributed by atoms with van der Waals surface area (Å²) in [7, 11) is 0. The first-order valence-corrected chi connectivity index (χ1v) is 43.5. The quantitative estimate of drug-likeness (QED) is 0.101. The first kappa shape index (κ1) is 73.5. The molecule has 0 aliphatic carbocycles. The van der Waals surface area contributed by atoms with Crippen LogP contribution in [-0.4, -0.2) is 39.0 Å². The van der Waals surface area contributed by atoms with Gasteiger partial charge in [0.1, 0.15) is 0 Å². The maximum Gasteiger partial charge on any atom is 0.164 e. The summed E-state index contributed by atoms with van der Waals surface area (Å²) in [6.45, 7) is 0. The van der Waals surface area contributed by atoms with Gasteiger partial charge in [-0.25, -0.2) is 29.9 Å². The van der Waals surface area contributed by atoms with Crippen LogP contribution in [0.25, 0.3) is 255 Å². The third-order valence-electron chi connectivity index (χ3n) is 25.7. The van der Waals surface area contributed by atoms with Crippen LogP contribution in [0.4, 0.5) is 0 Å². The van der Waals surface area contributed by atoms with Crippen LogP contribution >= 0.6 is 0 Å². The lowest BCUT2D eigenvalue weighted by Crippen LogP contribution is -2.00. The van der Waals surface area contributed by atoms with Gasteiger partial charge in [0.15, 0.2) is 34.9 Å². The predicted octanol–water partition coefficient (Wildman–Crippen LogP) is 31.2. The highest BCUT2D eigenvalue weighted by molar-refractivity contribution is 6.32. The molecule has 0 amide bonds. The third kappa shape index (κ3) is 12.5. The molecule has 4 heterocycles. The molecule has 0 N–H and O–H groups in total. The summed E-state index contributed by atoms with van der Waals surface area (Å²) in [5.74, 6) is 3.65. The SMILES string of the molecule is c1ccc(-c2ccc3c(c2)c2ccccc2n3-c2cccc3c4cc(-c5cccc(-c6nc(-c7ccccc7)nc(-c7cccc(-c8cccc(-c9ccc%10c(c9)c9ccccc9n%10-c9cccc%10c%11c(-c%12cccc(-c%13cccc(-c%14nc(-c%15ccccc%15)nc(-c%15ccccc%15)n%14)c%13)c%12)cccc%11c%11ccccc%11c9%10)c8)c7)n6)c5)ccc4c4ccccc4c23)cc1. The van der Waals surface area contributed by atoms with E-state index in [0.29, 0.717) is 34.9 Å². The van der Waals surface area contributed by atoms with Gasteiger partial charge in [-0.2, -0.15) is 0 Å². The van der Waals surface area contributed by atoms with Crippen LogP contribution in [0.15, 0.2) is 449 Å². The molecule has 0 unspecified atom stereocenters. The zero-order valence-corrected chi connectivity index (χ0v) is 69.3. The van der Waals surface area contributed by atoms with Gasteiger partial charge >= 0.3 is 0 Å². The van der Waals surface area contributed by atoms with Crippen molar-refractivity contribution < 1.29 is 0 Å². The van der Waals surface area contributed by atoms with Crippen LogP contribution < -0.4 is 0 Å². The molecule has 0 bridgehead atoms. The lowest BCUT2D eigenvalue weighted by atomic mass is 9.88. The molecule has 0 saturated heterocycles. The van der Waals surface area contributed by atoms with Crippen molar-refractivity contribution in [3.05, 3.63) is 449 Å². The summed E-state index contributed by atoms with van der Waals surface area (Å²) >= 11 is 0. The molecular formula is C120H74N8. The summed E-state index contributed by atoms with van der Waals surface area (Å²) in [6.07, 6.45) is 0. The van der Waals surface area contributed by atoms with E-state index in [2.05, 4.69) is 379 Å². The average molecular weight is 1630 g/mol. The van der Waals surface area contributed by atoms with E-state index in [1.807, 2.05) is 78.9 Å². The van der Waals surface area contributed by atoms with Crippen molar-refractivity contribution >= 4 is 108 Å². The Labute approximate surface area is 737 Å². The van der Waals surface area contributed by atoms with Crippen molar-refractivity contribution in [1.82, 2.24) is 39.0 Å². The van der Waals surface area contributed by atoms with E-state index in [9.17, 15) is 0 Å². The number of hydrogen-bond acceptors (Lipinski definition) is 6. The molecule has 0 aliphatic heterocycles. The summed E-state index contributed by atoms with van der Waals surface area (Å²) in [5.41, 5.74) is 25.7. The summed E-state index contributed by atoms with van der Waals surface area (Å²) < 4.78 is 4.97. The van der Waals surface area contributed by atoms with Crippen LogP contribution in [0.5, 0.6) is 0 Å². The van der Waals surface area contributed by atoms with Gasteiger partial charge in [-0.3, -0.25) is 0 Å². The Balaban J connectivity index is 0.552. The molecule has 21 aromatic carbocycles. The van der Waals surface area contributed by atoms with E-state index in [4.69, 9.17) is 29.9 Å². The molecule has 25 aromatic rings. The van der Waals surface area contributed by atoms with Gasteiger partial charge in [-0.1, -0.05) is 364 Å². The Morgan fingerprint density at radius 3 is 0.820 bits per heavy atom. The van der Waals surface area contributed by atoms with E-state index in [1.54, 1.807) is 0 Å². The zero-order valence-electron chi connectivity index (χ0n) is 69.3. The van der Waals surface area contributed by atoms with Crippen LogP contribution in [0.2, 0.25) is 0 Å². The van der Waals surface area contributed by atoms with E-state index in [-0.39, 0.29) is 0 Å². The molecule has 0 spiro atoms. The maximum absolute atomic E-state index is 5.40. The molecule has 0 radical (unpaired) electrons. The van der Waals surface area contributed by atoms with Crippen molar-refractivity contribution in [2.75, 3.05) is 0 Å². The standard InChI is InChI=1S/C120H74N8/c1-5-29-75(30-6-1)85-62-65-108-104(73-85)96-49-17-19-57-106(96)127(108)110-59-27-55-101-103-72-86(61-64-95(103)93-47-13-15-51-99(93)113(101)110)84-42-25-46-91(71-84)120-125-117(78-35-11-4-12-36-78)124-119(126-120)90-45-23-40-82(69-90)79-37-21-38-80(67-79)87-63-66-109-105(74-87)97-50-18-20-58-107(97)128(109)111-60-28-56-102-112-92(53-26-54-98(112)94-48-14-16-52-100(94)114(102)111)88-43-22-39-81(68-88)83-41-24-44-89(70-83)118-122-115(76-31-7-2-8-32-76)121-116(123-118)77-33-9-3-10-34-77/h1-74H. The summed E-state index contributed by atoms with van der Waals surface area (Å²) in [6, 6.07) is 162. The Hall–Kier alpha value is -17.2. The maximum atomic E-state index is 5.40. The minimum Gasteiger partial charge on any atom is -0.309 e. The fraction of sp³-hybridized carbons (Fsp3) is 0. The van der Waals surface area contributed by atoms with Crippen molar-refractivity contribution in [3.63, 3.8) is 0 Å². The summed E-state index contributed by atoms with van der Waals surface area (Å²) in [5, 5.41) is 19.2. The van der Waals surface area contributed by atoms with E-state index in [1.165, 1.54) is 108 Å². The van der Waals surface area contributed by atoms with E-state index >= 15 is 0 Å². The minimum absolute atomic E-state index is 0.588.